The van der Waals surface area contributed by atoms with Gasteiger partial charge in [-0.05, 0) is 43.4 Å². The van der Waals surface area contributed by atoms with Crippen LogP contribution in [-0.2, 0) is 12.8 Å². The fourth-order valence-electron chi connectivity index (χ4n) is 3.68. The number of nitrogens with zero attached hydrogens (tertiary/aromatic N) is 2. The first-order valence-corrected chi connectivity index (χ1v) is 10.6. The minimum atomic E-state index is 0.620. The van der Waals surface area contributed by atoms with Crippen LogP contribution in [-0.4, -0.2) is 25.4 Å². The highest BCUT2D eigenvalue weighted by Gasteiger charge is 2.22. The highest BCUT2D eigenvalue weighted by Crippen LogP contribution is 2.35. The Hall–Kier alpha value is -2.62. The van der Waals surface area contributed by atoms with Crippen LogP contribution >= 0.6 is 0 Å². The van der Waals surface area contributed by atoms with Gasteiger partial charge >= 0.3 is 0 Å². The molecule has 2 aromatic rings. The number of carbonyl (C=O) groups excluding carboxylic acids is 1. The van der Waals surface area contributed by atoms with Crippen LogP contribution in [0.4, 0.5) is 5.69 Å². The highest BCUT2D eigenvalue weighted by molar-refractivity contribution is 5.76. The SMILES string of the molecule is C=C(CCC)N(C)c1ccc(Cc2ccc(C=O)cc2OC)nc1CCC1CC1. The van der Waals surface area contributed by atoms with Crippen molar-refractivity contribution in [3.05, 3.63) is 65.1 Å². The van der Waals surface area contributed by atoms with Crippen LogP contribution in [0.2, 0.25) is 0 Å². The van der Waals surface area contributed by atoms with E-state index in [1.807, 2.05) is 12.1 Å². The molecule has 4 heteroatoms. The number of hydrogen-bond donors (Lipinski definition) is 0. The van der Waals surface area contributed by atoms with Crippen molar-refractivity contribution in [3.8, 4) is 5.75 Å². The Morgan fingerprint density at radius 2 is 2.10 bits per heavy atom. The quantitative estimate of drug-likeness (QED) is 0.468. The summed E-state index contributed by atoms with van der Waals surface area (Å²) >= 11 is 0. The number of hydrogen-bond acceptors (Lipinski definition) is 4. The van der Waals surface area contributed by atoms with E-state index in [4.69, 9.17) is 9.72 Å². The van der Waals surface area contributed by atoms with Crippen molar-refractivity contribution in [1.82, 2.24) is 4.98 Å². The molecule has 1 heterocycles. The summed E-state index contributed by atoms with van der Waals surface area (Å²) in [4.78, 5) is 18.3. The molecule has 0 atom stereocenters. The molecule has 0 bridgehead atoms. The highest BCUT2D eigenvalue weighted by atomic mass is 16.5. The molecular weight excluding hydrogens is 360 g/mol. The Kier molecular flexibility index (Phi) is 7.08. The zero-order valence-electron chi connectivity index (χ0n) is 17.9. The van der Waals surface area contributed by atoms with Gasteiger partial charge in [0.25, 0.3) is 0 Å². The summed E-state index contributed by atoms with van der Waals surface area (Å²) in [6.45, 7) is 6.43. The second kappa shape index (κ2) is 9.73. The lowest BCUT2D eigenvalue weighted by Crippen LogP contribution is -2.18. The van der Waals surface area contributed by atoms with Crippen molar-refractivity contribution in [2.75, 3.05) is 19.1 Å². The molecule has 4 nitrogen and oxygen atoms in total. The lowest BCUT2D eigenvalue weighted by atomic mass is 10.0. The normalized spacial score (nSPS) is 13.2. The zero-order chi connectivity index (χ0) is 20.8. The van der Waals surface area contributed by atoms with Crippen molar-refractivity contribution in [3.63, 3.8) is 0 Å². The predicted octanol–water partition coefficient (Wildman–Crippen LogP) is 5.59. The largest absolute Gasteiger partial charge is 0.496 e. The van der Waals surface area contributed by atoms with Gasteiger partial charge in [0.05, 0.1) is 18.5 Å². The molecule has 1 aromatic carbocycles. The number of ether oxygens (including phenoxy) is 1. The molecule has 3 rings (SSSR count). The molecular formula is C25H32N2O2. The molecule has 1 aliphatic rings. The topological polar surface area (TPSA) is 42.4 Å². The van der Waals surface area contributed by atoms with Gasteiger partial charge < -0.3 is 9.64 Å². The monoisotopic (exact) mass is 392 g/mol. The number of carbonyl (C=O) groups is 1. The van der Waals surface area contributed by atoms with Crippen LogP contribution in [0.3, 0.4) is 0 Å². The Labute approximate surface area is 174 Å². The van der Waals surface area contributed by atoms with Gasteiger partial charge in [-0.1, -0.05) is 44.9 Å². The van der Waals surface area contributed by atoms with Crippen LogP contribution in [0.5, 0.6) is 5.75 Å². The van der Waals surface area contributed by atoms with Crippen molar-refractivity contribution in [2.24, 2.45) is 5.92 Å². The number of methoxy groups -OCH3 is 1. The Morgan fingerprint density at radius 1 is 1.31 bits per heavy atom. The summed E-state index contributed by atoms with van der Waals surface area (Å²) in [5.41, 5.74) is 6.12. The van der Waals surface area contributed by atoms with E-state index in [9.17, 15) is 4.79 Å². The molecule has 29 heavy (non-hydrogen) atoms. The minimum Gasteiger partial charge on any atom is -0.496 e. The lowest BCUT2D eigenvalue weighted by Gasteiger charge is -2.24. The molecule has 0 radical (unpaired) electrons. The van der Waals surface area contributed by atoms with Crippen LogP contribution < -0.4 is 9.64 Å². The fraction of sp³-hybridized carbons (Fsp3) is 0.440. The molecule has 1 aliphatic carbocycles. The number of pyridine rings is 1. The molecule has 0 spiro atoms. The van der Waals surface area contributed by atoms with Crippen LogP contribution in [0.25, 0.3) is 0 Å². The van der Waals surface area contributed by atoms with E-state index < -0.39 is 0 Å². The molecule has 1 fully saturated rings. The number of aldehydes is 1. The summed E-state index contributed by atoms with van der Waals surface area (Å²) in [5, 5.41) is 0. The van der Waals surface area contributed by atoms with Gasteiger partial charge in [0.1, 0.15) is 12.0 Å². The van der Waals surface area contributed by atoms with Gasteiger partial charge in [-0.3, -0.25) is 9.78 Å². The summed E-state index contributed by atoms with van der Waals surface area (Å²) in [6.07, 6.45) is 8.51. The Bertz CT molecular complexity index is 871. The van der Waals surface area contributed by atoms with Crippen LogP contribution in [0, 0.1) is 5.92 Å². The molecule has 0 unspecified atom stereocenters. The molecule has 1 aromatic heterocycles. The summed E-state index contributed by atoms with van der Waals surface area (Å²) < 4.78 is 5.49. The first-order chi connectivity index (χ1) is 14.0. The standard InChI is InChI=1S/C25H32N2O2/c1-5-6-18(2)27(3)24-14-12-22(26-23(24)13-10-19-7-8-19)16-21-11-9-20(17-28)15-25(21)29-4/h9,11-12,14-15,17,19H,2,5-8,10,13,16H2,1,3-4H3. The van der Waals surface area contributed by atoms with Crippen LogP contribution in [0.1, 0.15) is 66.3 Å². The molecule has 0 amide bonds. The first kappa shape index (κ1) is 21.1. The average molecular weight is 393 g/mol. The van der Waals surface area contributed by atoms with Gasteiger partial charge in [0.15, 0.2) is 0 Å². The number of allylic oxidation sites excluding steroid dienone is 1. The molecule has 0 saturated heterocycles. The fourth-order valence-corrected chi connectivity index (χ4v) is 3.68. The van der Waals surface area contributed by atoms with E-state index in [1.54, 1.807) is 13.2 Å². The van der Waals surface area contributed by atoms with Gasteiger partial charge in [-0.15, -0.1) is 0 Å². The van der Waals surface area contributed by atoms with E-state index in [0.717, 1.165) is 65.6 Å². The Balaban J connectivity index is 1.86. The van der Waals surface area contributed by atoms with E-state index in [2.05, 4.69) is 37.6 Å². The van der Waals surface area contributed by atoms with Gasteiger partial charge in [-0.25, -0.2) is 0 Å². The van der Waals surface area contributed by atoms with Gasteiger partial charge in [-0.2, -0.15) is 0 Å². The number of aryl methyl sites for hydroxylation is 1. The van der Waals surface area contributed by atoms with Crippen molar-refractivity contribution in [2.45, 2.75) is 51.9 Å². The van der Waals surface area contributed by atoms with Gasteiger partial charge in [0, 0.05) is 36.0 Å². The zero-order valence-corrected chi connectivity index (χ0v) is 17.9. The van der Waals surface area contributed by atoms with E-state index >= 15 is 0 Å². The Morgan fingerprint density at radius 3 is 2.76 bits per heavy atom. The molecule has 154 valence electrons. The number of rotatable bonds is 11. The van der Waals surface area contributed by atoms with E-state index in [1.165, 1.54) is 19.3 Å². The van der Waals surface area contributed by atoms with E-state index in [0.29, 0.717) is 12.0 Å². The third kappa shape index (κ3) is 5.47. The number of benzene rings is 1. The number of aromatic nitrogens is 1. The van der Waals surface area contributed by atoms with E-state index in [-0.39, 0.29) is 0 Å². The maximum atomic E-state index is 11.0. The summed E-state index contributed by atoms with van der Waals surface area (Å²) in [7, 11) is 3.73. The summed E-state index contributed by atoms with van der Waals surface area (Å²) in [6, 6.07) is 9.84. The molecule has 0 N–H and O–H groups in total. The summed E-state index contributed by atoms with van der Waals surface area (Å²) in [5.74, 6) is 1.60. The third-order valence-corrected chi connectivity index (χ3v) is 5.69. The maximum absolute atomic E-state index is 11.0. The van der Waals surface area contributed by atoms with Crippen molar-refractivity contribution < 1.29 is 9.53 Å². The molecule has 1 saturated carbocycles. The maximum Gasteiger partial charge on any atom is 0.150 e. The second-order valence-electron chi connectivity index (χ2n) is 7.99. The van der Waals surface area contributed by atoms with Gasteiger partial charge in [0.2, 0.25) is 0 Å². The minimum absolute atomic E-state index is 0.620. The number of anilines is 1. The third-order valence-electron chi connectivity index (χ3n) is 5.69. The average Bonchev–Trinajstić information content (AvgIpc) is 3.57. The second-order valence-corrected chi connectivity index (χ2v) is 7.99. The van der Waals surface area contributed by atoms with Crippen molar-refractivity contribution >= 4 is 12.0 Å². The predicted molar refractivity (Wildman–Crippen MR) is 119 cm³/mol. The smallest absolute Gasteiger partial charge is 0.150 e. The lowest BCUT2D eigenvalue weighted by molar-refractivity contribution is 0.112. The van der Waals surface area contributed by atoms with Crippen LogP contribution in [0.15, 0.2) is 42.6 Å². The molecule has 0 aliphatic heterocycles. The first-order valence-electron chi connectivity index (χ1n) is 10.6. The van der Waals surface area contributed by atoms with Crippen molar-refractivity contribution in [1.29, 1.82) is 0 Å².